The fourth-order valence-electron chi connectivity index (χ4n) is 13.1. The van der Waals surface area contributed by atoms with E-state index in [0.717, 1.165) is 62.5 Å². The maximum absolute atomic E-state index is 14.0. The van der Waals surface area contributed by atoms with E-state index in [2.05, 4.69) is 53.8 Å². The third-order valence-electron chi connectivity index (χ3n) is 16.1. The zero-order valence-corrected chi connectivity index (χ0v) is 33.2. The second-order valence-corrected chi connectivity index (χ2v) is 19.8. The number of aliphatic hydroxyl groups is 1. The van der Waals surface area contributed by atoms with Crippen LogP contribution in [0.3, 0.4) is 0 Å². The second-order valence-electron chi connectivity index (χ2n) is 19.8. The van der Waals surface area contributed by atoms with Crippen molar-refractivity contribution in [3.05, 3.63) is 46.8 Å². The van der Waals surface area contributed by atoms with E-state index in [1.54, 1.807) is 26.0 Å². The number of carbonyl (C=O) groups is 3. The minimum atomic E-state index is -1.17. The van der Waals surface area contributed by atoms with Crippen molar-refractivity contribution in [3.8, 4) is 0 Å². The summed E-state index contributed by atoms with van der Waals surface area (Å²) in [5.74, 6) is -0.356. The molecule has 5 aliphatic carbocycles. The Morgan fingerprint density at radius 1 is 0.942 bits per heavy atom. The number of allylic oxidation sites excluding steroid dienone is 1. The van der Waals surface area contributed by atoms with Gasteiger partial charge in [0.2, 0.25) is 0 Å². The van der Waals surface area contributed by atoms with Gasteiger partial charge < -0.3 is 20.3 Å². The first-order chi connectivity index (χ1) is 24.1. The van der Waals surface area contributed by atoms with E-state index in [1.165, 1.54) is 17.7 Å². The van der Waals surface area contributed by atoms with E-state index >= 15 is 0 Å². The molecule has 1 aromatic rings. The van der Waals surface area contributed by atoms with E-state index in [4.69, 9.17) is 4.74 Å². The van der Waals surface area contributed by atoms with Gasteiger partial charge in [0.1, 0.15) is 11.9 Å². The van der Waals surface area contributed by atoms with Gasteiger partial charge in [0.05, 0.1) is 17.9 Å². The summed E-state index contributed by atoms with van der Waals surface area (Å²) in [6, 6.07) is 6.44. The number of Topliss-reactive ketones (excluding diaryl/α,β-unsaturated/α-hetero) is 1. The lowest BCUT2D eigenvalue weighted by molar-refractivity contribution is -0.235. The topological polar surface area (TPSA) is 113 Å². The number of halogens is 1. The van der Waals surface area contributed by atoms with Crippen LogP contribution in [0.5, 0.6) is 0 Å². The van der Waals surface area contributed by atoms with Crippen molar-refractivity contribution in [3.63, 3.8) is 0 Å². The van der Waals surface area contributed by atoms with Crippen LogP contribution < -0.4 is 5.32 Å². The van der Waals surface area contributed by atoms with Gasteiger partial charge in [-0.25, -0.2) is 4.39 Å². The molecular weight excluding hydrogens is 657 g/mol. The molecule has 1 aromatic carbocycles. The lowest BCUT2D eigenvalue weighted by Crippen LogP contribution is -2.66. The molecule has 4 fully saturated rings. The Labute approximate surface area is 310 Å². The van der Waals surface area contributed by atoms with Crippen LogP contribution in [0.15, 0.2) is 35.4 Å². The van der Waals surface area contributed by atoms with Crippen molar-refractivity contribution >= 4 is 17.7 Å². The fourth-order valence-corrected chi connectivity index (χ4v) is 13.1. The Morgan fingerprint density at radius 2 is 1.62 bits per heavy atom. The number of ether oxygens (including phenoxy) is 1. The molecule has 52 heavy (non-hydrogen) atoms. The number of rotatable bonds is 10. The quantitative estimate of drug-likeness (QED) is 0.207. The Balaban J connectivity index is 1.26. The van der Waals surface area contributed by atoms with Crippen LogP contribution in [0, 0.1) is 62.0 Å². The molecule has 8 heteroatoms. The van der Waals surface area contributed by atoms with E-state index in [0.29, 0.717) is 31.3 Å². The van der Waals surface area contributed by atoms with E-state index in [1.807, 2.05) is 0 Å². The van der Waals surface area contributed by atoms with Crippen LogP contribution in [-0.4, -0.2) is 46.7 Å². The van der Waals surface area contributed by atoms with E-state index < -0.39 is 28.9 Å². The number of hydrogen-bond donors (Lipinski definition) is 3. The summed E-state index contributed by atoms with van der Waals surface area (Å²) in [6.45, 7) is 20.4. The number of aliphatic carboxylic acids is 1. The second kappa shape index (κ2) is 13.3. The third kappa shape index (κ3) is 6.01. The molecule has 9 atom stereocenters. The van der Waals surface area contributed by atoms with Gasteiger partial charge in [0.15, 0.2) is 5.78 Å². The normalized spacial score (nSPS) is 37.5. The number of fused-ring (bicyclic) bond motifs is 7. The van der Waals surface area contributed by atoms with Gasteiger partial charge in [0.25, 0.3) is 0 Å². The average molecular weight is 722 g/mol. The van der Waals surface area contributed by atoms with Gasteiger partial charge in [-0.1, -0.05) is 66.2 Å². The summed E-state index contributed by atoms with van der Waals surface area (Å²) < 4.78 is 19.6. The standard InChI is InChI=1S/C44H64FNO6/c1-26(2)36-30(47)22-44(33(48)25-46-24-27-10-12-28(45)13-11-27)21-20-42(8)29(37(36)44)14-15-32-41(7)18-17-34(52-35(49)23-39(3,4)38(50)51)40(5,6)31(41)16-19-43(32,42)9/h10-13,26,29,31-34,46,48H,14-25H2,1-9H3,(H,50,51)/t29-,31+,32-,33+,34+,41+,42-,43-,44+/m1/s1. The number of aliphatic hydroxyl groups excluding tert-OH is 1. The summed E-state index contributed by atoms with van der Waals surface area (Å²) in [7, 11) is 0. The molecule has 0 heterocycles. The summed E-state index contributed by atoms with van der Waals surface area (Å²) in [6.07, 6.45) is 6.91. The number of nitrogens with one attached hydrogen (secondary N) is 1. The molecular formula is C44H64FNO6. The monoisotopic (exact) mass is 721 g/mol. The van der Waals surface area contributed by atoms with E-state index in [-0.39, 0.29) is 57.6 Å². The summed E-state index contributed by atoms with van der Waals surface area (Å²) >= 11 is 0. The first-order valence-corrected chi connectivity index (χ1v) is 20.0. The molecule has 5 aliphatic rings. The predicted octanol–water partition coefficient (Wildman–Crippen LogP) is 8.67. The largest absolute Gasteiger partial charge is 0.481 e. The van der Waals surface area contributed by atoms with Gasteiger partial charge in [-0.05, 0) is 128 Å². The molecule has 4 saturated carbocycles. The van der Waals surface area contributed by atoms with Gasteiger partial charge in [-0.2, -0.15) is 0 Å². The summed E-state index contributed by atoms with van der Waals surface area (Å²) in [5, 5.41) is 25.1. The molecule has 0 unspecified atom stereocenters. The fraction of sp³-hybridized carbons (Fsp3) is 0.750. The van der Waals surface area contributed by atoms with Gasteiger partial charge in [-0.15, -0.1) is 0 Å². The number of esters is 1. The number of hydrogen-bond acceptors (Lipinski definition) is 6. The highest BCUT2D eigenvalue weighted by atomic mass is 19.1. The Bertz CT molecular complexity index is 1610. The maximum Gasteiger partial charge on any atom is 0.309 e. The lowest BCUT2D eigenvalue weighted by Gasteiger charge is -2.72. The van der Waals surface area contributed by atoms with Crippen LogP contribution >= 0.6 is 0 Å². The van der Waals surface area contributed by atoms with Crippen molar-refractivity contribution < 1.29 is 33.7 Å². The van der Waals surface area contributed by atoms with Crippen LogP contribution in [-0.2, 0) is 25.7 Å². The van der Waals surface area contributed by atoms with Crippen LogP contribution in [0.4, 0.5) is 4.39 Å². The van der Waals surface area contributed by atoms with Crippen LogP contribution in [0.2, 0.25) is 0 Å². The molecule has 0 amide bonds. The molecule has 0 aliphatic heterocycles. The first-order valence-electron chi connectivity index (χ1n) is 20.0. The number of carboxylic acids is 1. The van der Waals surface area contributed by atoms with Crippen LogP contribution in [0.1, 0.15) is 132 Å². The first kappa shape index (κ1) is 39.1. The number of carbonyl (C=O) groups excluding carboxylic acids is 2. The highest BCUT2D eigenvalue weighted by Crippen LogP contribution is 2.77. The smallest absolute Gasteiger partial charge is 0.309 e. The van der Waals surface area contributed by atoms with E-state index in [9.17, 15) is 29.0 Å². The summed E-state index contributed by atoms with van der Waals surface area (Å²) in [5.41, 5.74) is 1.22. The van der Waals surface area contributed by atoms with Gasteiger partial charge in [0, 0.05) is 30.3 Å². The molecule has 0 radical (unpaired) electrons. The zero-order valence-electron chi connectivity index (χ0n) is 33.2. The summed E-state index contributed by atoms with van der Waals surface area (Å²) in [4.78, 5) is 38.8. The lowest BCUT2D eigenvalue weighted by atomic mass is 9.33. The maximum atomic E-state index is 14.0. The molecule has 0 bridgehead atoms. The molecule has 6 rings (SSSR count). The Morgan fingerprint density at radius 3 is 2.25 bits per heavy atom. The molecule has 3 N–H and O–H groups in total. The van der Waals surface area contributed by atoms with Crippen molar-refractivity contribution in [2.75, 3.05) is 6.54 Å². The van der Waals surface area contributed by atoms with Gasteiger partial charge >= 0.3 is 11.9 Å². The number of ketones is 1. The third-order valence-corrected chi connectivity index (χ3v) is 16.1. The van der Waals surface area contributed by atoms with Crippen molar-refractivity contribution in [1.82, 2.24) is 5.32 Å². The highest BCUT2D eigenvalue weighted by molar-refractivity contribution is 6.00. The molecule has 0 saturated heterocycles. The Hall–Kier alpha value is -2.58. The minimum Gasteiger partial charge on any atom is -0.481 e. The number of carboxylic acid groups (broad SMARTS) is 1. The SMILES string of the molecule is CC(C)C1=C2[C@H]3CC[C@@H]4[C@@]5(C)CC[C@H](OC(=O)CC(C)(C)C(=O)O)C(C)(C)[C@@H]5CC[C@@]4(C)[C@]3(C)CC[C@@]2([C@@H](O)CNCc2ccc(F)cc2)CC1=O. The molecule has 288 valence electrons. The molecule has 0 spiro atoms. The average Bonchev–Trinajstić information content (AvgIpc) is 3.36. The van der Waals surface area contributed by atoms with Crippen LogP contribution in [0.25, 0.3) is 0 Å². The highest BCUT2D eigenvalue weighted by Gasteiger charge is 2.70. The van der Waals surface area contributed by atoms with Crippen molar-refractivity contribution in [2.24, 2.45) is 56.2 Å². The molecule has 7 nitrogen and oxygen atoms in total. The molecule has 0 aromatic heterocycles. The predicted molar refractivity (Wildman–Crippen MR) is 199 cm³/mol. The van der Waals surface area contributed by atoms with Gasteiger partial charge in [-0.3, -0.25) is 14.4 Å². The Kier molecular flexibility index (Phi) is 10.0. The minimum absolute atomic E-state index is 0.0327. The van der Waals surface area contributed by atoms with Crippen molar-refractivity contribution in [1.29, 1.82) is 0 Å². The number of benzene rings is 1. The zero-order chi connectivity index (χ0) is 38.2. The van der Waals surface area contributed by atoms with Crippen molar-refractivity contribution in [2.45, 2.75) is 145 Å².